The van der Waals surface area contributed by atoms with Gasteiger partial charge in [0.15, 0.2) is 6.23 Å². The van der Waals surface area contributed by atoms with E-state index in [4.69, 9.17) is 27.2 Å². The average Bonchev–Trinajstić information content (AvgIpc) is 2.93. The number of nitrogens with zero attached hydrogens (tertiary/aromatic N) is 3. The molecule has 0 radical (unpaired) electrons. The quantitative estimate of drug-likeness (QED) is 0.539. The van der Waals surface area contributed by atoms with Gasteiger partial charge in [-0.2, -0.15) is 4.98 Å². The maximum absolute atomic E-state index is 10.0. The number of rotatable bonds is 2. The van der Waals surface area contributed by atoms with Crippen LogP contribution in [-0.2, 0) is 4.74 Å². The third kappa shape index (κ3) is 1.93. The van der Waals surface area contributed by atoms with E-state index in [1.54, 1.807) is 12.3 Å². The maximum atomic E-state index is 10.0. The Balaban J connectivity index is 2.07. The van der Waals surface area contributed by atoms with E-state index in [1.807, 2.05) is 0 Å². The highest BCUT2D eigenvalue weighted by atomic mass is 35.5. The zero-order valence-corrected chi connectivity index (χ0v) is 11.0. The highest BCUT2D eigenvalue weighted by molar-refractivity contribution is 6.34. The number of hydrogen-bond donors (Lipinski definition) is 4. The number of nitrogen functional groups attached to an aromatic ring is 1. The molecule has 0 spiro atoms. The summed E-state index contributed by atoms with van der Waals surface area (Å²) >= 11 is 5.97. The summed E-state index contributed by atoms with van der Waals surface area (Å²) in [5.41, 5.74) is 5.94. The molecular weight excluding hydrogens is 288 g/mol. The summed E-state index contributed by atoms with van der Waals surface area (Å²) in [7, 11) is 0. The molecule has 3 heterocycles. The highest BCUT2D eigenvalue weighted by Gasteiger charge is 2.43. The van der Waals surface area contributed by atoms with E-state index in [9.17, 15) is 10.2 Å². The van der Waals surface area contributed by atoms with Crippen molar-refractivity contribution in [3.8, 4) is 0 Å². The molecule has 1 aliphatic heterocycles. The number of aliphatic hydroxyl groups excluding tert-OH is 3. The third-order valence-corrected chi connectivity index (χ3v) is 3.62. The van der Waals surface area contributed by atoms with Gasteiger partial charge in [-0.3, -0.25) is 0 Å². The van der Waals surface area contributed by atoms with Crippen LogP contribution in [0.1, 0.15) is 6.23 Å². The molecule has 8 nitrogen and oxygen atoms in total. The SMILES string of the molecule is Nc1nc(Cl)c2ccn(C3O[C@H](CO)[C@@H](O)[C@@H]3O)c2n1. The van der Waals surface area contributed by atoms with E-state index in [1.165, 1.54) is 4.57 Å². The third-order valence-electron chi connectivity index (χ3n) is 3.33. The van der Waals surface area contributed by atoms with Crippen LogP contribution in [0, 0.1) is 0 Å². The smallest absolute Gasteiger partial charge is 0.223 e. The standard InChI is InChI=1S/C11H13ClN4O4/c12-8-4-1-2-16(9(4)15-11(13)14-8)10-7(19)6(18)5(3-17)20-10/h1-2,5-7,10,17-19H,3H2,(H2,13,14,15)/t5-,6-,7+,10?/m1/s1. The van der Waals surface area contributed by atoms with Gasteiger partial charge in [0.1, 0.15) is 29.1 Å². The lowest BCUT2D eigenvalue weighted by Gasteiger charge is -2.17. The monoisotopic (exact) mass is 300 g/mol. The van der Waals surface area contributed by atoms with E-state index in [-0.39, 0.29) is 11.1 Å². The molecule has 4 atom stereocenters. The van der Waals surface area contributed by atoms with Gasteiger partial charge in [-0.05, 0) is 6.07 Å². The topological polar surface area (TPSA) is 127 Å². The molecule has 20 heavy (non-hydrogen) atoms. The van der Waals surface area contributed by atoms with Gasteiger partial charge in [-0.25, -0.2) is 4.98 Å². The van der Waals surface area contributed by atoms with Crippen molar-refractivity contribution in [2.24, 2.45) is 0 Å². The van der Waals surface area contributed by atoms with E-state index in [0.717, 1.165) is 0 Å². The number of hydrogen-bond acceptors (Lipinski definition) is 7. The summed E-state index contributed by atoms with van der Waals surface area (Å²) in [6.45, 7) is -0.397. The summed E-state index contributed by atoms with van der Waals surface area (Å²) in [6, 6.07) is 1.66. The van der Waals surface area contributed by atoms with E-state index in [2.05, 4.69) is 9.97 Å². The first-order chi connectivity index (χ1) is 9.52. The van der Waals surface area contributed by atoms with E-state index >= 15 is 0 Å². The molecule has 0 amide bonds. The van der Waals surface area contributed by atoms with Gasteiger partial charge in [0.05, 0.1) is 12.0 Å². The van der Waals surface area contributed by atoms with Crippen LogP contribution >= 0.6 is 11.6 Å². The molecule has 3 rings (SSSR count). The second-order valence-corrected chi connectivity index (χ2v) is 4.92. The van der Waals surface area contributed by atoms with Gasteiger partial charge >= 0.3 is 0 Å². The van der Waals surface area contributed by atoms with Crippen LogP contribution in [0.5, 0.6) is 0 Å². The predicted octanol–water partition coefficient (Wildman–Crippen LogP) is -0.722. The summed E-state index contributed by atoms with van der Waals surface area (Å²) in [4.78, 5) is 7.89. The first-order valence-corrected chi connectivity index (χ1v) is 6.32. The number of aliphatic hydroxyl groups is 3. The fourth-order valence-corrected chi connectivity index (χ4v) is 2.56. The number of aromatic nitrogens is 3. The van der Waals surface area contributed by atoms with Crippen molar-refractivity contribution in [3.05, 3.63) is 17.4 Å². The van der Waals surface area contributed by atoms with Crippen molar-refractivity contribution in [1.82, 2.24) is 14.5 Å². The van der Waals surface area contributed by atoms with Crippen LogP contribution < -0.4 is 5.73 Å². The number of nitrogens with two attached hydrogens (primary N) is 1. The Hall–Kier alpha value is -1.45. The fourth-order valence-electron chi connectivity index (χ4n) is 2.33. The fraction of sp³-hybridized carbons (Fsp3) is 0.455. The van der Waals surface area contributed by atoms with Crippen LogP contribution in [0.2, 0.25) is 5.15 Å². The Labute approximate surface area is 118 Å². The molecule has 2 aromatic heterocycles. The van der Waals surface area contributed by atoms with Crippen molar-refractivity contribution in [3.63, 3.8) is 0 Å². The van der Waals surface area contributed by atoms with Gasteiger partial charge in [-0.1, -0.05) is 11.6 Å². The van der Waals surface area contributed by atoms with Crippen LogP contribution in [0.25, 0.3) is 11.0 Å². The number of fused-ring (bicyclic) bond motifs is 1. The summed E-state index contributed by atoms with van der Waals surface area (Å²) in [5.74, 6) is -0.00538. The second-order valence-electron chi connectivity index (χ2n) is 4.56. The second kappa shape index (κ2) is 4.83. The van der Waals surface area contributed by atoms with Crippen LogP contribution in [0.3, 0.4) is 0 Å². The molecule has 5 N–H and O–H groups in total. The number of halogens is 1. The molecule has 0 aromatic carbocycles. The van der Waals surface area contributed by atoms with Gasteiger partial charge in [-0.15, -0.1) is 0 Å². The number of anilines is 1. The Morgan fingerprint density at radius 2 is 2.10 bits per heavy atom. The Kier molecular flexibility index (Phi) is 3.27. The molecule has 0 bridgehead atoms. The van der Waals surface area contributed by atoms with Gasteiger partial charge < -0.3 is 30.4 Å². The largest absolute Gasteiger partial charge is 0.394 e. The average molecular weight is 301 g/mol. The summed E-state index contributed by atoms with van der Waals surface area (Å²) < 4.78 is 6.94. The Bertz CT molecular complexity index is 649. The van der Waals surface area contributed by atoms with Crippen LogP contribution in [-0.4, -0.2) is 54.8 Å². The van der Waals surface area contributed by atoms with Crippen LogP contribution in [0.4, 0.5) is 5.95 Å². The number of ether oxygens (including phenoxy) is 1. The van der Waals surface area contributed by atoms with Gasteiger partial charge in [0.2, 0.25) is 5.95 Å². The molecular formula is C11H13ClN4O4. The van der Waals surface area contributed by atoms with E-state index < -0.39 is 31.1 Å². The molecule has 1 unspecified atom stereocenters. The normalized spacial score (nSPS) is 30.2. The molecule has 9 heteroatoms. The molecule has 1 saturated heterocycles. The molecule has 0 aliphatic carbocycles. The predicted molar refractivity (Wildman–Crippen MR) is 70.0 cm³/mol. The first kappa shape index (κ1) is 13.5. The molecule has 108 valence electrons. The molecule has 0 saturated carbocycles. The van der Waals surface area contributed by atoms with Crippen molar-refractivity contribution >= 4 is 28.6 Å². The lowest BCUT2D eigenvalue weighted by atomic mass is 10.1. The minimum Gasteiger partial charge on any atom is -0.394 e. The molecule has 1 fully saturated rings. The zero-order chi connectivity index (χ0) is 14.4. The summed E-state index contributed by atoms with van der Waals surface area (Å²) in [5, 5.41) is 29.6. The molecule has 1 aliphatic rings. The first-order valence-electron chi connectivity index (χ1n) is 5.95. The maximum Gasteiger partial charge on any atom is 0.223 e. The van der Waals surface area contributed by atoms with Crippen molar-refractivity contribution in [1.29, 1.82) is 0 Å². The van der Waals surface area contributed by atoms with Crippen molar-refractivity contribution in [2.75, 3.05) is 12.3 Å². The zero-order valence-electron chi connectivity index (χ0n) is 10.2. The highest BCUT2D eigenvalue weighted by Crippen LogP contribution is 2.33. The molecule has 2 aromatic rings. The van der Waals surface area contributed by atoms with Crippen molar-refractivity contribution in [2.45, 2.75) is 24.5 Å². The Morgan fingerprint density at radius 1 is 1.35 bits per heavy atom. The lowest BCUT2D eigenvalue weighted by Crippen LogP contribution is -2.33. The van der Waals surface area contributed by atoms with Gasteiger partial charge in [0, 0.05) is 6.20 Å². The van der Waals surface area contributed by atoms with Gasteiger partial charge in [0.25, 0.3) is 0 Å². The van der Waals surface area contributed by atoms with E-state index in [0.29, 0.717) is 11.0 Å². The lowest BCUT2D eigenvalue weighted by molar-refractivity contribution is -0.0508. The van der Waals surface area contributed by atoms with Crippen LogP contribution in [0.15, 0.2) is 12.3 Å². The Morgan fingerprint density at radius 3 is 2.75 bits per heavy atom. The minimum absolute atomic E-state index is 0.00538. The summed E-state index contributed by atoms with van der Waals surface area (Å²) in [6.07, 6.45) is -2.52. The van der Waals surface area contributed by atoms with Crippen molar-refractivity contribution < 1.29 is 20.1 Å². The minimum atomic E-state index is -1.20.